The summed E-state index contributed by atoms with van der Waals surface area (Å²) in [7, 11) is -2.49. The molecule has 0 amide bonds. The van der Waals surface area contributed by atoms with Gasteiger partial charge in [0.05, 0.1) is 16.8 Å². The lowest BCUT2D eigenvalue weighted by Crippen LogP contribution is -2.38. The van der Waals surface area contributed by atoms with Crippen LogP contribution in [0.4, 0.5) is 26.3 Å². The normalized spacial score (nSPS) is 12.3. The molecule has 0 bridgehead atoms. The molecule has 2 aromatic rings. The largest absolute Gasteiger partial charge is 0.491 e. The fraction of sp³-hybridized carbons (Fsp3) is 0.154. The van der Waals surface area contributed by atoms with Gasteiger partial charge in [-0.05, 0) is 23.8 Å². The summed E-state index contributed by atoms with van der Waals surface area (Å²) >= 11 is 0. The lowest BCUT2D eigenvalue weighted by atomic mass is 9.74. The van der Waals surface area contributed by atoms with Crippen molar-refractivity contribution < 1.29 is 36.4 Å². The van der Waals surface area contributed by atoms with Crippen molar-refractivity contribution in [3.8, 4) is 11.3 Å². The molecular weight excluding hydrogens is 327 g/mol. The Balaban J connectivity index is 2.60. The van der Waals surface area contributed by atoms with E-state index in [1.54, 1.807) is 0 Å². The maximum atomic E-state index is 12.9. The van der Waals surface area contributed by atoms with Gasteiger partial charge in [-0.2, -0.15) is 26.3 Å². The zero-order valence-corrected chi connectivity index (χ0v) is 11.2. The summed E-state index contributed by atoms with van der Waals surface area (Å²) in [5.74, 6) is 0. The van der Waals surface area contributed by atoms with Gasteiger partial charge in [0.2, 0.25) is 0 Å². The van der Waals surface area contributed by atoms with Crippen LogP contribution in [0.25, 0.3) is 11.3 Å². The molecule has 122 valence electrons. The van der Waals surface area contributed by atoms with Crippen molar-refractivity contribution in [1.82, 2.24) is 4.98 Å². The number of halogens is 6. The van der Waals surface area contributed by atoms with Gasteiger partial charge in [-0.25, -0.2) is 0 Å². The van der Waals surface area contributed by atoms with E-state index in [9.17, 15) is 36.4 Å². The van der Waals surface area contributed by atoms with Crippen molar-refractivity contribution in [2.45, 2.75) is 12.4 Å². The van der Waals surface area contributed by atoms with Gasteiger partial charge in [0.25, 0.3) is 0 Å². The highest BCUT2D eigenvalue weighted by molar-refractivity contribution is 6.61. The fourth-order valence-corrected chi connectivity index (χ4v) is 2.03. The summed E-state index contributed by atoms with van der Waals surface area (Å²) in [6.45, 7) is 0. The van der Waals surface area contributed by atoms with Gasteiger partial charge in [0.1, 0.15) is 0 Å². The molecular formula is C13H8BF6NO2. The molecule has 1 aromatic carbocycles. The number of rotatable bonds is 2. The topological polar surface area (TPSA) is 53.4 Å². The molecule has 0 saturated heterocycles. The van der Waals surface area contributed by atoms with Crippen molar-refractivity contribution in [2.75, 3.05) is 0 Å². The summed E-state index contributed by atoms with van der Waals surface area (Å²) in [6, 6.07) is 3.73. The Labute approximate surface area is 126 Å². The molecule has 2 N–H and O–H groups in total. The third kappa shape index (κ3) is 3.65. The monoisotopic (exact) mass is 335 g/mol. The Hall–Kier alpha value is -2.07. The molecule has 0 spiro atoms. The van der Waals surface area contributed by atoms with E-state index >= 15 is 0 Å². The first-order valence-electron chi connectivity index (χ1n) is 6.11. The molecule has 1 aromatic heterocycles. The summed E-state index contributed by atoms with van der Waals surface area (Å²) in [6.07, 6.45) is -8.68. The zero-order valence-electron chi connectivity index (χ0n) is 11.2. The second-order valence-corrected chi connectivity index (χ2v) is 4.57. The summed E-state index contributed by atoms with van der Waals surface area (Å²) in [5.41, 5.74) is -3.78. The lowest BCUT2D eigenvalue weighted by Gasteiger charge is -2.16. The van der Waals surface area contributed by atoms with Gasteiger partial charge < -0.3 is 10.0 Å². The Morgan fingerprint density at radius 2 is 1.39 bits per heavy atom. The van der Waals surface area contributed by atoms with E-state index < -0.39 is 41.8 Å². The van der Waals surface area contributed by atoms with Crippen LogP contribution in [-0.4, -0.2) is 22.2 Å². The van der Waals surface area contributed by atoms with Crippen LogP contribution in [0.15, 0.2) is 36.5 Å². The first-order chi connectivity index (χ1) is 10.5. The van der Waals surface area contributed by atoms with Crippen LogP contribution >= 0.6 is 0 Å². The average Bonchev–Trinajstić information content (AvgIpc) is 2.44. The smallest absolute Gasteiger partial charge is 0.423 e. The number of pyridine rings is 1. The predicted molar refractivity (Wildman–Crippen MR) is 69.5 cm³/mol. The highest BCUT2D eigenvalue weighted by Crippen LogP contribution is 2.32. The molecule has 0 radical (unpaired) electrons. The summed E-state index contributed by atoms with van der Waals surface area (Å²) in [4.78, 5) is 3.63. The van der Waals surface area contributed by atoms with Gasteiger partial charge in [-0.1, -0.05) is 12.1 Å². The molecule has 0 unspecified atom stereocenters. The first kappa shape index (κ1) is 17.3. The van der Waals surface area contributed by atoms with Crippen molar-refractivity contribution in [3.05, 3.63) is 47.7 Å². The minimum absolute atomic E-state index is 0.104. The number of hydrogen-bond acceptors (Lipinski definition) is 3. The van der Waals surface area contributed by atoms with Crippen LogP contribution < -0.4 is 5.46 Å². The maximum absolute atomic E-state index is 12.9. The minimum Gasteiger partial charge on any atom is -0.423 e. The average molecular weight is 335 g/mol. The van der Waals surface area contributed by atoms with Crippen molar-refractivity contribution in [2.24, 2.45) is 0 Å². The van der Waals surface area contributed by atoms with E-state index in [1.165, 1.54) is 0 Å². The highest BCUT2D eigenvalue weighted by Gasteiger charge is 2.38. The molecule has 0 aliphatic carbocycles. The van der Waals surface area contributed by atoms with E-state index in [2.05, 4.69) is 4.98 Å². The molecule has 0 atom stereocenters. The highest BCUT2D eigenvalue weighted by atomic mass is 19.4. The molecule has 0 fully saturated rings. The Morgan fingerprint density at radius 3 is 1.83 bits per heavy atom. The molecule has 0 saturated carbocycles. The molecule has 23 heavy (non-hydrogen) atoms. The SMILES string of the molecule is OB(O)c1c(C(F)(F)F)ccnc1-c1ccc(C(F)(F)F)cc1. The number of benzene rings is 1. The zero-order chi connectivity index (χ0) is 17.4. The maximum Gasteiger partial charge on any atom is 0.491 e. The lowest BCUT2D eigenvalue weighted by molar-refractivity contribution is -0.138. The Bertz CT molecular complexity index is 697. The van der Waals surface area contributed by atoms with Crippen LogP contribution in [0.3, 0.4) is 0 Å². The number of hydrogen-bond donors (Lipinski definition) is 2. The number of aromatic nitrogens is 1. The van der Waals surface area contributed by atoms with Crippen molar-refractivity contribution in [1.29, 1.82) is 0 Å². The Morgan fingerprint density at radius 1 is 0.826 bits per heavy atom. The molecule has 1 heterocycles. The Kier molecular flexibility index (Phi) is 4.40. The van der Waals surface area contributed by atoms with Crippen LogP contribution in [0.1, 0.15) is 11.1 Å². The number of nitrogens with zero attached hydrogens (tertiary/aromatic N) is 1. The van der Waals surface area contributed by atoms with Gasteiger partial charge in [-0.3, -0.25) is 4.98 Å². The summed E-state index contributed by atoms with van der Waals surface area (Å²) in [5, 5.41) is 18.5. The van der Waals surface area contributed by atoms with Gasteiger partial charge in [0.15, 0.2) is 0 Å². The van der Waals surface area contributed by atoms with E-state index in [0.29, 0.717) is 18.2 Å². The predicted octanol–water partition coefficient (Wildman–Crippen LogP) is 2.47. The van der Waals surface area contributed by atoms with Crippen LogP contribution in [0.5, 0.6) is 0 Å². The first-order valence-corrected chi connectivity index (χ1v) is 6.11. The second-order valence-electron chi connectivity index (χ2n) is 4.57. The van der Waals surface area contributed by atoms with E-state index in [0.717, 1.165) is 18.3 Å². The van der Waals surface area contributed by atoms with Gasteiger partial charge in [-0.15, -0.1) is 0 Å². The van der Waals surface area contributed by atoms with E-state index in [-0.39, 0.29) is 5.56 Å². The van der Waals surface area contributed by atoms with Crippen molar-refractivity contribution >= 4 is 12.6 Å². The molecule has 0 aliphatic heterocycles. The quantitative estimate of drug-likeness (QED) is 0.655. The molecule has 0 aliphatic rings. The van der Waals surface area contributed by atoms with E-state index in [1.807, 2.05) is 0 Å². The third-order valence-electron chi connectivity index (χ3n) is 3.04. The standard InChI is InChI=1S/C13H8BF6NO2/c15-12(16,17)8-3-1-7(2-4-8)11-10(14(22)23)9(5-6-21-11)13(18,19)20/h1-6,22-23H. The molecule has 2 rings (SSSR count). The second kappa shape index (κ2) is 5.86. The molecule has 10 heteroatoms. The third-order valence-corrected chi connectivity index (χ3v) is 3.04. The molecule has 3 nitrogen and oxygen atoms in total. The van der Waals surface area contributed by atoms with Crippen LogP contribution in [0, 0.1) is 0 Å². The van der Waals surface area contributed by atoms with Crippen LogP contribution in [-0.2, 0) is 12.4 Å². The van der Waals surface area contributed by atoms with Crippen LogP contribution in [0.2, 0.25) is 0 Å². The number of alkyl halides is 6. The van der Waals surface area contributed by atoms with Gasteiger partial charge >= 0.3 is 19.5 Å². The fourth-order valence-electron chi connectivity index (χ4n) is 2.03. The minimum atomic E-state index is -4.87. The summed E-state index contributed by atoms with van der Waals surface area (Å²) < 4.78 is 76.3. The van der Waals surface area contributed by atoms with Gasteiger partial charge in [0, 0.05) is 11.7 Å². The van der Waals surface area contributed by atoms with Crippen molar-refractivity contribution in [3.63, 3.8) is 0 Å². The van der Waals surface area contributed by atoms with E-state index in [4.69, 9.17) is 0 Å².